The first kappa shape index (κ1) is 8.96. The third kappa shape index (κ3) is 7.96. The van der Waals surface area contributed by atoms with E-state index in [1.165, 1.54) is 12.8 Å². The van der Waals surface area contributed by atoms with Gasteiger partial charge in [0.15, 0.2) is 0 Å². The van der Waals surface area contributed by atoms with Crippen molar-refractivity contribution in [2.24, 2.45) is 4.99 Å². The van der Waals surface area contributed by atoms with Crippen molar-refractivity contribution in [2.45, 2.75) is 32.1 Å². The number of nitrogens with zero attached hydrogens (tertiary/aromatic N) is 1. The zero-order valence-electron chi connectivity index (χ0n) is 6.10. The molecule has 0 saturated heterocycles. The summed E-state index contributed by atoms with van der Waals surface area (Å²) in [6.45, 7) is 4.99. The monoisotopic (exact) mass is 147 g/mol. The molecule has 0 amide bonds. The fourth-order valence-electron chi connectivity index (χ4n) is 0.469. The molecule has 54 valence electrons. The first-order valence-electron chi connectivity index (χ1n) is 3.41. The van der Waals surface area contributed by atoms with Crippen molar-refractivity contribution in [3.63, 3.8) is 0 Å². The van der Waals surface area contributed by atoms with Gasteiger partial charge in [0.2, 0.25) is 0 Å². The number of hydrogen-bond acceptors (Lipinski definition) is 1. The summed E-state index contributed by atoms with van der Waals surface area (Å²) in [6.07, 6.45) is 4.16. The van der Waals surface area contributed by atoms with E-state index in [9.17, 15) is 0 Å². The molecule has 0 fully saturated rings. The molecule has 0 heterocycles. The third-order valence-electron chi connectivity index (χ3n) is 0.952. The zero-order chi connectivity index (χ0) is 7.11. The van der Waals surface area contributed by atoms with Gasteiger partial charge in [0.1, 0.15) is 0 Å². The van der Waals surface area contributed by atoms with Gasteiger partial charge in [-0.1, -0.05) is 13.3 Å². The summed E-state index contributed by atoms with van der Waals surface area (Å²) < 4.78 is 0. The van der Waals surface area contributed by atoms with Crippen molar-refractivity contribution in [1.29, 1.82) is 0 Å². The molecule has 1 nitrogen and oxygen atoms in total. The lowest BCUT2D eigenvalue weighted by molar-refractivity contribution is 0.809. The van der Waals surface area contributed by atoms with E-state index in [-0.39, 0.29) is 5.38 Å². The molecule has 1 unspecified atom stereocenters. The highest BCUT2D eigenvalue weighted by atomic mass is 35.5. The van der Waals surface area contributed by atoms with Crippen LogP contribution in [0.1, 0.15) is 26.7 Å². The predicted molar refractivity (Wildman–Crippen MR) is 43.6 cm³/mol. The van der Waals surface area contributed by atoms with E-state index in [4.69, 9.17) is 11.6 Å². The highest BCUT2D eigenvalue weighted by Gasteiger charge is 1.85. The molecule has 0 aromatic heterocycles. The average molecular weight is 148 g/mol. The molecular weight excluding hydrogens is 134 g/mol. The summed E-state index contributed by atoms with van der Waals surface area (Å²) in [4.78, 5) is 4.10. The highest BCUT2D eigenvalue weighted by molar-refractivity contribution is 6.27. The van der Waals surface area contributed by atoms with Crippen LogP contribution in [0.3, 0.4) is 0 Å². The second-order valence-electron chi connectivity index (χ2n) is 2.09. The molecule has 0 aliphatic rings. The number of rotatable bonds is 4. The highest BCUT2D eigenvalue weighted by Crippen LogP contribution is 1.90. The van der Waals surface area contributed by atoms with E-state index >= 15 is 0 Å². The second kappa shape index (κ2) is 6.09. The number of halogens is 1. The molecule has 0 spiro atoms. The third-order valence-corrected chi connectivity index (χ3v) is 1.06. The van der Waals surface area contributed by atoms with E-state index in [2.05, 4.69) is 11.9 Å². The molecular formula is C7H14ClN. The van der Waals surface area contributed by atoms with Crippen LogP contribution in [-0.2, 0) is 0 Å². The lowest BCUT2D eigenvalue weighted by Gasteiger charge is -1.90. The second-order valence-corrected chi connectivity index (χ2v) is 2.77. The molecule has 0 N–H and O–H groups in total. The summed E-state index contributed by atoms with van der Waals surface area (Å²) in [6, 6.07) is 0. The fourth-order valence-corrected chi connectivity index (χ4v) is 0.549. The summed E-state index contributed by atoms with van der Waals surface area (Å²) >= 11 is 5.61. The predicted octanol–water partition coefficient (Wildman–Crippen LogP) is 2.48. The van der Waals surface area contributed by atoms with E-state index in [1.54, 1.807) is 6.21 Å². The quantitative estimate of drug-likeness (QED) is 0.329. The molecule has 0 aromatic carbocycles. The van der Waals surface area contributed by atoms with E-state index in [0.717, 1.165) is 6.54 Å². The topological polar surface area (TPSA) is 12.4 Å². The standard InChI is InChI=1S/C7H14ClN/c1-3-4-5-9-6-7(2)8/h6-7H,3-5H2,1-2H3. The Kier molecular flexibility index (Phi) is 6.06. The minimum atomic E-state index is 0.0851. The van der Waals surface area contributed by atoms with E-state index in [0.29, 0.717) is 0 Å². The molecule has 2 heteroatoms. The van der Waals surface area contributed by atoms with Crippen LogP contribution in [0.2, 0.25) is 0 Å². The lowest BCUT2D eigenvalue weighted by Crippen LogP contribution is -1.92. The Hall–Kier alpha value is -0.0400. The van der Waals surface area contributed by atoms with Crippen LogP contribution in [0.5, 0.6) is 0 Å². The van der Waals surface area contributed by atoms with Gasteiger partial charge in [-0.05, 0) is 13.3 Å². The maximum absolute atomic E-state index is 5.61. The van der Waals surface area contributed by atoms with Crippen molar-refractivity contribution in [3.8, 4) is 0 Å². The molecule has 0 aliphatic heterocycles. The van der Waals surface area contributed by atoms with Gasteiger partial charge >= 0.3 is 0 Å². The van der Waals surface area contributed by atoms with Crippen LogP contribution >= 0.6 is 11.6 Å². The van der Waals surface area contributed by atoms with Crippen molar-refractivity contribution < 1.29 is 0 Å². The molecule has 0 saturated carbocycles. The fraction of sp³-hybridized carbons (Fsp3) is 0.857. The lowest BCUT2D eigenvalue weighted by atomic mass is 10.3. The molecule has 0 bridgehead atoms. The summed E-state index contributed by atoms with van der Waals surface area (Å²) in [7, 11) is 0. The number of aliphatic imine (C=N–C) groups is 1. The Bertz CT molecular complexity index is 79.0. The van der Waals surface area contributed by atoms with Gasteiger partial charge < -0.3 is 0 Å². The minimum absolute atomic E-state index is 0.0851. The zero-order valence-corrected chi connectivity index (χ0v) is 6.86. The Morgan fingerprint density at radius 1 is 1.67 bits per heavy atom. The van der Waals surface area contributed by atoms with Gasteiger partial charge in [0.05, 0.1) is 5.38 Å². The first-order chi connectivity index (χ1) is 4.27. The SMILES string of the molecule is CCCCN=CC(C)Cl. The molecule has 0 aromatic rings. The number of alkyl halides is 1. The molecule has 0 rings (SSSR count). The minimum Gasteiger partial charge on any atom is -0.296 e. The van der Waals surface area contributed by atoms with E-state index in [1.807, 2.05) is 6.92 Å². The Morgan fingerprint density at radius 2 is 2.33 bits per heavy atom. The van der Waals surface area contributed by atoms with Gasteiger partial charge in [-0.25, -0.2) is 0 Å². The van der Waals surface area contributed by atoms with Crippen molar-refractivity contribution in [1.82, 2.24) is 0 Å². The maximum Gasteiger partial charge on any atom is 0.0655 e. The molecule has 0 aliphatic carbocycles. The normalized spacial score (nSPS) is 14.6. The van der Waals surface area contributed by atoms with Crippen LogP contribution in [0.15, 0.2) is 4.99 Å². The number of hydrogen-bond donors (Lipinski definition) is 0. The summed E-state index contributed by atoms with van der Waals surface area (Å²) in [5, 5.41) is 0.0851. The van der Waals surface area contributed by atoms with Gasteiger partial charge in [-0.3, -0.25) is 4.99 Å². The van der Waals surface area contributed by atoms with Gasteiger partial charge in [0, 0.05) is 12.8 Å². The molecule has 1 atom stereocenters. The van der Waals surface area contributed by atoms with Gasteiger partial charge in [-0.2, -0.15) is 0 Å². The number of unbranched alkanes of at least 4 members (excludes halogenated alkanes) is 1. The smallest absolute Gasteiger partial charge is 0.0655 e. The van der Waals surface area contributed by atoms with Crippen molar-refractivity contribution >= 4 is 17.8 Å². The van der Waals surface area contributed by atoms with Crippen LogP contribution in [-0.4, -0.2) is 18.1 Å². The van der Waals surface area contributed by atoms with Crippen molar-refractivity contribution in [2.75, 3.05) is 6.54 Å². The first-order valence-corrected chi connectivity index (χ1v) is 3.85. The Labute approximate surface area is 62.1 Å². The Balaban J connectivity index is 3.04. The van der Waals surface area contributed by atoms with Crippen LogP contribution in [0.4, 0.5) is 0 Å². The van der Waals surface area contributed by atoms with Crippen LogP contribution in [0.25, 0.3) is 0 Å². The maximum atomic E-state index is 5.61. The van der Waals surface area contributed by atoms with Gasteiger partial charge in [-0.15, -0.1) is 11.6 Å². The van der Waals surface area contributed by atoms with Crippen LogP contribution < -0.4 is 0 Å². The summed E-state index contributed by atoms with van der Waals surface area (Å²) in [5.74, 6) is 0. The largest absolute Gasteiger partial charge is 0.296 e. The summed E-state index contributed by atoms with van der Waals surface area (Å²) in [5.41, 5.74) is 0. The molecule has 9 heavy (non-hydrogen) atoms. The van der Waals surface area contributed by atoms with Crippen molar-refractivity contribution in [3.05, 3.63) is 0 Å². The van der Waals surface area contributed by atoms with Crippen LogP contribution in [0, 0.1) is 0 Å². The average Bonchev–Trinajstić information content (AvgIpc) is 1.80. The van der Waals surface area contributed by atoms with E-state index < -0.39 is 0 Å². The van der Waals surface area contributed by atoms with Gasteiger partial charge in [0.25, 0.3) is 0 Å². The Morgan fingerprint density at radius 3 is 2.78 bits per heavy atom. The molecule has 0 radical (unpaired) electrons.